The summed E-state index contributed by atoms with van der Waals surface area (Å²) in [6.07, 6.45) is 2.89. The number of pyridine rings is 1. The molecule has 2 N–H and O–H groups in total. The first-order valence-electron chi connectivity index (χ1n) is 11.5. The summed E-state index contributed by atoms with van der Waals surface area (Å²) in [5, 5.41) is 5.33. The number of rotatable bonds is 9. The van der Waals surface area contributed by atoms with E-state index in [4.69, 9.17) is 16.0 Å². The second-order valence-electron chi connectivity index (χ2n) is 8.42. The van der Waals surface area contributed by atoms with E-state index >= 15 is 0 Å². The second-order valence-corrected chi connectivity index (χ2v) is 10.7. The molecule has 0 atom stereocenters. The largest absolute Gasteiger partial charge is 0.505 e. The third kappa shape index (κ3) is 7.39. The maximum atomic E-state index is 14.7. The molecule has 0 aliphatic rings. The number of nitrogens with zero attached hydrogens (tertiary/aromatic N) is 2. The maximum Gasteiger partial charge on any atom is 0.323 e. The molecule has 9 nitrogen and oxygen atoms in total. The van der Waals surface area contributed by atoms with Gasteiger partial charge in [-0.2, -0.15) is 0 Å². The SMILES string of the molecule is [C-]#[N+]c1cc2c(Oc3ccc(NC(=O)Nc4ccc(F)cc4)c(F)c3)ccnc2cc1OCCCS(C)(=O)=O. The summed E-state index contributed by atoms with van der Waals surface area (Å²) in [6.45, 7) is 7.61. The molecule has 39 heavy (non-hydrogen) atoms. The van der Waals surface area contributed by atoms with Crippen LogP contribution in [0.5, 0.6) is 17.2 Å². The number of hydrogen-bond donors (Lipinski definition) is 2. The van der Waals surface area contributed by atoms with Crippen LogP contribution in [0, 0.1) is 18.2 Å². The fourth-order valence-corrected chi connectivity index (χ4v) is 4.18. The lowest BCUT2D eigenvalue weighted by Gasteiger charge is -2.13. The van der Waals surface area contributed by atoms with Crippen LogP contribution in [0.15, 0.2) is 66.9 Å². The molecule has 0 fully saturated rings. The summed E-state index contributed by atoms with van der Waals surface area (Å²) in [5.74, 6) is -0.542. The van der Waals surface area contributed by atoms with Crippen LogP contribution < -0.4 is 20.1 Å². The molecule has 1 aromatic heterocycles. The lowest BCUT2D eigenvalue weighted by molar-refractivity contribution is 0.262. The minimum absolute atomic E-state index is 0.0338. The standard InChI is InChI=1S/C27H22F2N4O5S/c1-30-24-15-20-23(16-26(24)37-12-3-13-39(2,35)36)31-11-10-25(20)38-19-8-9-22(21(29)14-19)33-27(34)32-18-6-4-17(28)5-7-18/h4-11,14-16H,3,12-13H2,2H3,(H2,32,33,34). The number of nitrogens with one attached hydrogen (secondary N) is 2. The van der Waals surface area contributed by atoms with E-state index < -0.39 is 27.5 Å². The number of hydrogen-bond acceptors (Lipinski definition) is 6. The van der Waals surface area contributed by atoms with Crippen molar-refractivity contribution in [2.45, 2.75) is 6.42 Å². The minimum Gasteiger partial charge on any atom is -0.505 e. The number of sulfone groups is 1. The van der Waals surface area contributed by atoms with Crippen LogP contribution in [0.25, 0.3) is 15.7 Å². The van der Waals surface area contributed by atoms with Crippen molar-refractivity contribution < 1.29 is 31.5 Å². The van der Waals surface area contributed by atoms with Crippen molar-refractivity contribution in [2.75, 3.05) is 29.2 Å². The molecule has 0 aliphatic heterocycles. The van der Waals surface area contributed by atoms with Crippen LogP contribution in [0.2, 0.25) is 0 Å². The fraction of sp³-hybridized carbons (Fsp3) is 0.148. The van der Waals surface area contributed by atoms with Gasteiger partial charge in [0.05, 0.1) is 30.1 Å². The summed E-state index contributed by atoms with van der Waals surface area (Å²) < 4.78 is 61.9. The van der Waals surface area contributed by atoms with Crippen LogP contribution in [0.4, 0.5) is 30.6 Å². The molecule has 0 unspecified atom stereocenters. The Kier molecular flexibility index (Phi) is 8.21. The van der Waals surface area contributed by atoms with Crippen LogP contribution in [-0.2, 0) is 9.84 Å². The molecule has 0 bridgehead atoms. The van der Waals surface area contributed by atoms with Gasteiger partial charge in [0.1, 0.15) is 38.7 Å². The highest BCUT2D eigenvalue weighted by molar-refractivity contribution is 7.90. The van der Waals surface area contributed by atoms with Gasteiger partial charge in [0, 0.05) is 29.6 Å². The van der Waals surface area contributed by atoms with Crippen molar-refractivity contribution in [3.05, 3.63) is 89.9 Å². The monoisotopic (exact) mass is 552 g/mol. The number of aromatic nitrogens is 1. The highest BCUT2D eigenvalue weighted by Gasteiger charge is 2.14. The van der Waals surface area contributed by atoms with Gasteiger partial charge in [-0.15, -0.1) is 0 Å². The van der Waals surface area contributed by atoms with Crippen molar-refractivity contribution in [3.63, 3.8) is 0 Å². The molecule has 200 valence electrons. The third-order valence-electron chi connectivity index (χ3n) is 5.34. The molecule has 2 amide bonds. The van der Waals surface area contributed by atoms with E-state index in [1.54, 1.807) is 12.1 Å². The van der Waals surface area contributed by atoms with Crippen LogP contribution in [0.1, 0.15) is 6.42 Å². The van der Waals surface area contributed by atoms with Crippen LogP contribution >= 0.6 is 0 Å². The summed E-state index contributed by atoms with van der Waals surface area (Å²) >= 11 is 0. The number of amides is 2. The highest BCUT2D eigenvalue weighted by atomic mass is 32.2. The zero-order valence-corrected chi connectivity index (χ0v) is 21.4. The topological polar surface area (TPSA) is 111 Å². The van der Waals surface area contributed by atoms with Crippen molar-refractivity contribution in [1.29, 1.82) is 0 Å². The van der Waals surface area contributed by atoms with E-state index in [0.29, 0.717) is 22.3 Å². The number of ether oxygens (including phenoxy) is 2. The molecule has 4 rings (SSSR count). The minimum atomic E-state index is -3.12. The number of benzene rings is 3. The Morgan fingerprint density at radius 1 is 1.03 bits per heavy atom. The third-order valence-corrected chi connectivity index (χ3v) is 6.37. The predicted molar refractivity (Wildman–Crippen MR) is 143 cm³/mol. The van der Waals surface area contributed by atoms with Crippen molar-refractivity contribution in [3.8, 4) is 17.2 Å². The van der Waals surface area contributed by atoms with E-state index in [9.17, 15) is 22.0 Å². The first-order valence-corrected chi connectivity index (χ1v) is 13.6. The number of anilines is 2. The Hall–Kier alpha value is -4.76. The number of fused-ring (bicyclic) bond motifs is 1. The summed E-state index contributed by atoms with van der Waals surface area (Å²) in [4.78, 5) is 19.9. The van der Waals surface area contributed by atoms with Gasteiger partial charge in [0.15, 0.2) is 0 Å². The number of carbonyl (C=O) groups is 1. The summed E-state index contributed by atoms with van der Waals surface area (Å²) in [6, 6.07) is 12.9. The first-order chi connectivity index (χ1) is 18.6. The van der Waals surface area contributed by atoms with E-state index in [1.807, 2.05) is 0 Å². The van der Waals surface area contributed by atoms with E-state index in [2.05, 4.69) is 20.5 Å². The molecule has 0 spiro atoms. The highest BCUT2D eigenvalue weighted by Crippen LogP contribution is 2.37. The molecular weight excluding hydrogens is 530 g/mol. The van der Waals surface area contributed by atoms with Crippen molar-refractivity contribution >= 4 is 43.8 Å². The quantitative estimate of drug-likeness (QED) is 0.186. The Balaban J connectivity index is 1.48. The number of urea groups is 1. The van der Waals surface area contributed by atoms with E-state index in [1.165, 1.54) is 48.7 Å². The molecule has 1 heterocycles. The van der Waals surface area contributed by atoms with Gasteiger partial charge in [-0.05, 0) is 61.0 Å². The van der Waals surface area contributed by atoms with E-state index in [0.717, 1.165) is 12.3 Å². The number of halogens is 2. The Bertz CT molecular complexity index is 1670. The molecule has 0 aliphatic carbocycles. The van der Waals surface area contributed by atoms with Gasteiger partial charge in [-0.3, -0.25) is 4.98 Å². The lowest BCUT2D eigenvalue weighted by atomic mass is 10.1. The fourth-order valence-electron chi connectivity index (χ4n) is 3.54. The normalized spacial score (nSPS) is 11.0. The zero-order chi connectivity index (χ0) is 28.0. The summed E-state index contributed by atoms with van der Waals surface area (Å²) in [5.41, 5.74) is 0.862. The average Bonchev–Trinajstić information content (AvgIpc) is 2.89. The predicted octanol–water partition coefficient (Wildman–Crippen LogP) is 6.31. The van der Waals surface area contributed by atoms with Crippen molar-refractivity contribution in [2.24, 2.45) is 0 Å². The lowest BCUT2D eigenvalue weighted by Crippen LogP contribution is -2.20. The van der Waals surface area contributed by atoms with Crippen LogP contribution in [-0.4, -0.2) is 38.0 Å². The smallest absolute Gasteiger partial charge is 0.323 e. The molecule has 0 saturated heterocycles. The Morgan fingerprint density at radius 3 is 2.49 bits per heavy atom. The Morgan fingerprint density at radius 2 is 1.79 bits per heavy atom. The number of carbonyl (C=O) groups excluding carboxylic acids is 1. The first kappa shape index (κ1) is 27.3. The van der Waals surface area contributed by atoms with Gasteiger partial charge < -0.3 is 20.1 Å². The molecule has 4 aromatic rings. The van der Waals surface area contributed by atoms with Crippen molar-refractivity contribution in [1.82, 2.24) is 4.98 Å². The van der Waals surface area contributed by atoms with Gasteiger partial charge in [-0.1, -0.05) is 0 Å². The average molecular weight is 553 g/mol. The Labute approximate surface area is 223 Å². The van der Waals surface area contributed by atoms with Gasteiger partial charge in [0.25, 0.3) is 0 Å². The second kappa shape index (κ2) is 11.7. The maximum absolute atomic E-state index is 14.7. The van der Waals surface area contributed by atoms with Gasteiger partial charge >= 0.3 is 6.03 Å². The molecule has 3 aromatic carbocycles. The van der Waals surface area contributed by atoms with E-state index in [-0.39, 0.29) is 41.7 Å². The zero-order valence-electron chi connectivity index (χ0n) is 20.6. The van der Waals surface area contributed by atoms with Gasteiger partial charge in [0.2, 0.25) is 5.69 Å². The molecular formula is C27H22F2N4O5S. The van der Waals surface area contributed by atoms with Gasteiger partial charge in [-0.25, -0.2) is 26.8 Å². The summed E-state index contributed by atoms with van der Waals surface area (Å²) in [7, 11) is -3.12. The van der Waals surface area contributed by atoms with Crippen LogP contribution in [0.3, 0.4) is 0 Å². The molecule has 0 radical (unpaired) electrons. The molecule has 0 saturated carbocycles. The molecule has 12 heteroatoms.